The molecule has 1 saturated carbocycles. The Morgan fingerprint density at radius 1 is 1.22 bits per heavy atom. The van der Waals surface area contributed by atoms with Gasteiger partial charge in [0.05, 0.1) is 7.11 Å². The van der Waals surface area contributed by atoms with E-state index >= 15 is 0 Å². The van der Waals surface area contributed by atoms with Crippen molar-refractivity contribution in [2.24, 2.45) is 11.1 Å². The molecular formula is C15H23NO2. The normalized spacial score (nSPS) is 26.7. The molecule has 3 heteroatoms. The van der Waals surface area contributed by atoms with Crippen LogP contribution < -0.4 is 15.2 Å². The van der Waals surface area contributed by atoms with E-state index in [1.54, 1.807) is 7.11 Å². The number of methoxy groups -OCH3 is 1. The highest BCUT2D eigenvalue weighted by atomic mass is 16.5. The summed E-state index contributed by atoms with van der Waals surface area (Å²) in [4.78, 5) is 0. The third kappa shape index (κ3) is 2.96. The standard InChI is InChI=1S/C15H23NO2/c1-15(2)9-8-11(16)14(10-15)18-13-7-5-4-6-12(13)17-3/h4-7,11,14H,8-10,16H2,1-3H3. The van der Waals surface area contributed by atoms with Crippen molar-refractivity contribution in [2.45, 2.75) is 45.3 Å². The van der Waals surface area contributed by atoms with Gasteiger partial charge in [-0.15, -0.1) is 0 Å². The average molecular weight is 249 g/mol. The van der Waals surface area contributed by atoms with E-state index in [4.69, 9.17) is 15.2 Å². The molecule has 1 aromatic carbocycles. The molecule has 18 heavy (non-hydrogen) atoms. The fourth-order valence-electron chi connectivity index (χ4n) is 2.55. The van der Waals surface area contributed by atoms with Gasteiger partial charge in [-0.3, -0.25) is 0 Å². The summed E-state index contributed by atoms with van der Waals surface area (Å²) in [5.74, 6) is 1.56. The molecule has 3 nitrogen and oxygen atoms in total. The Labute approximate surface area is 109 Å². The van der Waals surface area contributed by atoms with Crippen LogP contribution in [0.4, 0.5) is 0 Å². The van der Waals surface area contributed by atoms with Crippen LogP contribution in [0.15, 0.2) is 24.3 Å². The van der Waals surface area contributed by atoms with Gasteiger partial charge in [-0.05, 0) is 36.8 Å². The number of benzene rings is 1. The van der Waals surface area contributed by atoms with E-state index in [1.807, 2.05) is 24.3 Å². The van der Waals surface area contributed by atoms with Gasteiger partial charge in [0, 0.05) is 6.04 Å². The summed E-state index contributed by atoms with van der Waals surface area (Å²) < 4.78 is 11.4. The summed E-state index contributed by atoms with van der Waals surface area (Å²) in [6.45, 7) is 4.55. The predicted octanol–water partition coefficient (Wildman–Crippen LogP) is 2.98. The second-order valence-corrected chi connectivity index (χ2v) is 5.88. The zero-order valence-electron chi connectivity index (χ0n) is 11.5. The van der Waals surface area contributed by atoms with E-state index in [0.29, 0.717) is 5.41 Å². The van der Waals surface area contributed by atoms with Gasteiger partial charge in [-0.2, -0.15) is 0 Å². The van der Waals surface area contributed by atoms with Crippen LogP contribution >= 0.6 is 0 Å². The zero-order valence-corrected chi connectivity index (χ0v) is 11.5. The Hall–Kier alpha value is -1.22. The average Bonchev–Trinajstić information content (AvgIpc) is 2.34. The maximum atomic E-state index is 6.17. The van der Waals surface area contributed by atoms with E-state index in [2.05, 4.69) is 13.8 Å². The molecule has 100 valence electrons. The minimum Gasteiger partial charge on any atom is -0.493 e. The molecule has 2 unspecified atom stereocenters. The second-order valence-electron chi connectivity index (χ2n) is 5.88. The monoisotopic (exact) mass is 249 g/mol. The van der Waals surface area contributed by atoms with Crippen molar-refractivity contribution < 1.29 is 9.47 Å². The molecule has 0 spiro atoms. The lowest BCUT2D eigenvalue weighted by atomic mass is 9.74. The molecule has 0 aliphatic heterocycles. The Morgan fingerprint density at radius 3 is 2.56 bits per heavy atom. The van der Waals surface area contributed by atoms with Gasteiger partial charge >= 0.3 is 0 Å². The fraction of sp³-hybridized carbons (Fsp3) is 0.600. The van der Waals surface area contributed by atoms with Crippen LogP contribution in [-0.2, 0) is 0 Å². The number of rotatable bonds is 3. The summed E-state index contributed by atoms with van der Waals surface area (Å²) in [7, 11) is 1.66. The number of ether oxygens (including phenoxy) is 2. The first-order valence-electron chi connectivity index (χ1n) is 6.57. The van der Waals surface area contributed by atoms with Gasteiger partial charge in [0.2, 0.25) is 0 Å². The molecule has 0 amide bonds. The smallest absolute Gasteiger partial charge is 0.161 e. The highest BCUT2D eigenvalue weighted by molar-refractivity contribution is 5.39. The maximum Gasteiger partial charge on any atom is 0.161 e. The Morgan fingerprint density at radius 2 is 1.89 bits per heavy atom. The molecule has 2 rings (SSSR count). The van der Waals surface area contributed by atoms with Crippen molar-refractivity contribution in [3.63, 3.8) is 0 Å². The number of para-hydroxylation sites is 2. The lowest BCUT2D eigenvalue weighted by Crippen LogP contribution is -2.46. The SMILES string of the molecule is COc1ccccc1OC1CC(C)(C)CCC1N. The van der Waals surface area contributed by atoms with Crippen LogP contribution in [0.3, 0.4) is 0 Å². The highest BCUT2D eigenvalue weighted by Crippen LogP contribution is 2.38. The largest absolute Gasteiger partial charge is 0.493 e. The molecule has 1 aliphatic rings. The predicted molar refractivity (Wildman–Crippen MR) is 73.0 cm³/mol. The third-order valence-corrected chi connectivity index (χ3v) is 3.73. The Balaban J connectivity index is 2.12. The van der Waals surface area contributed by atoms with E-state index in [-0.39, 0.29) is 12.1 Å². The molecule has 0 aromatic heterocycles. The molecule has 1 aromatic rings. The fourth-order valence-corrected chi connectivity index (χ4v) is 2.55. The molecule has 2 N–H and O–H groups in total. The summed E-state index contributed by atoms with van der Waals surface area (Å²) in [6.07, 6.45) is 3.25. The Bertz CT molecular complexity index is 403. The highest BCUT2D eigenvalue weighted by Gasteiger charge is 2.34. The second kappa shape index (κ2) is 5.19. The molecule has 1 fully saturated rings. The van der Waals surface area contributed by atoms with Crippen LogP contribution in [0.5, 0.6) is 11.5 Å². The van der Waals surface area contributed by atoms with Crippen LogP contribution in [0.2, 0.25) is 0 Å². The van der Waals surface area contributed by atoms with E-state index in [0.717, 1.165) is 24.3 Å². The van der Waals surface area contributed by atoms with Crippen molar-refractivity contribution in [1.29, 1.82) is 0 Å². The van der Waals surface area contributed by atoms with Crippen molar-refractivity contribution in [3.8, 4) is 11.5 Å². The van der Waals surface area contributed by atoms with Crippen LogP contribution in [0.1, 0.15) is 33.1 Å². The summed E-state index contributed by atoms with van der Waals surface area (Å²) in [6, 6.07) is 7.86. The molecule has 0 saturated heterocycles. The van der Waals surface area contributed by atoms with Gasteiger partial charge < -0.3 is 15.2 Å². The van der Waals surface area contributed by atoms with Gasteiger partial charge in [0.1, 0.15) is 6.10 Å². The lowest BCUT2D eigenvalue weighted by molar-refractivity contribution is 0.0648. The third-order valence-electron chi connectivity index (χ3n) is 3.73. The van der Waals surface area contributed by atoms with Crippen molar-refractivity contribution >= 4 is 0 Å². The van der Waals surface area contributed by atoms with Crippen LogP contribution in [0.25, 0.3) is 0 Å². The maximum absolute atomic E-state index is 6.17. The van der Waals surface area contributed by atoms with Crippen LogP contribution in [0, 0.1) is 5.41 Å². The number of nitrogens with two attached hydrogens (primary N) is 1. The van der Waals surface area contributed by atoms with E-state index in [9.17, 15) is 0 Å². The summed E-state index contributed by atoms with van der Waals surface area (Å²) in [5, 5.41) is 0. The molecule has 1 aliphatic carbocycles. The Kier molecular flexibility index (Phi) is 3.81. The number of hydrogen-bond acceptors (Lipinski definition) is 3. The van der Waals surface area contributed by atoms with Crippen molar-refractivity contribution in [2.75, 3.05) is 7.11 Å². The first kappa shape index (κ1) is 13.2. The minimum atomic E-state index is 0.0741. The molecule has 0 bridgehead atoms. The van der Waals surface area contributed by atoms with E-state index in [1.165, 1.54) is 6.42 Å². The molecule has 2 atom stereocenters. The van der Waals surface area contributed by atoms with Gasteiger partial charge in [0.15, 0.2) is 11.5 Å². The van der Waals surface area contributed by atoms with Gasteiger partial charge in [-0.1, -0.05) is 26.0 Å². The topological polar surface area (TPSA) is 44.5 Å². The summed E-state index contributed by atoms with van der Waals surface area (Å²) >= 11 is 0. The minimum absolute atomic E-state index is 0.0741. The summed E-state index contributed by atoms with van der Waals surface area (Å²) in [5.41, 5.74) is 6.48. The first-order chi connectivity index (χ1) is 8.52. The van der Waals surface area contributed by atoms with Crippen LogP contribution in [-0.4, -0.2) is 19.3 Å². The first-order valence-corrected chi connectivity index (χ1v) is 6.57. The zero-order chi connectivity index (χ0) is 13.2. The molecular weight excluding hydrogens is 226 g/mol. The van der Waals surface area contributed by atoms with Gasteiger partial charge in [0.25, 0.3) is 0 Å². The van der Waals surface area contributed by atoms with Gasteiger partial charge in [-0.25, -0.2) is 0 Å². The molecule has 0 heterocycles. The lowest BCUT2D eigenvalue weighted by Gasteiger charge is -2.39. The number of hydrogen-bond donors (Lipinski definition) is 1. The van der Waals surface area contributed by atoms with Crippen molar-refractivity contribution in [3.05, 3.63) is 24.3 Å². The molecule has 0 radical (unpaired) electrons. The van der Waals surface area contributed by atoms with E-state index < -0.39 is 0 Å². The van der Waals surface area contributed by atoms with Crippen molar-refractivity contribution in [1.82, 2.24) is 0 Å². The quantitative estimate of drug-likeness (QED) is 0.895.